The Bertz CT molecular complexity index is 1280. The van der Waals surface area contributed by atoms with Crippen molar-refractivity contribution < 1.29 is 14.3 Å². The third-order valence-corrected chi connectivity index (χ3v) is 4.87. The molecule has 0 aliphatic rings. The highest BCUT2D eigenvalue weighted by molar-refractivity contribution is 6.13. The van der Waals surface area contributed by atoms with Crippen molar-refractivity contribution in [3.63, 3.8) is 0 Å². The zero-order valence-corrected chi connectivity index (χ0v) is 16.9. The smallest absolute Gasteiger partial charge is 0.411 e. The number of aromatic nitrogens is 1. The zero-order chi connectivity index (χ0) is 21.3. The summed E-state index contributed by atoms with van der Waals surface area (Å²) in [6, 6.07) is 19.5. The fourth-order valence-corrected chi connectivity index (χ4v) is 3.47. The molecule has 0 aliphatic heterocycles. The van der Waals surface area contributed by atoms with Crippen molar-refractivity contribution in [2.45, 2.75) is 13.8 Å². The van der Waals surface area contributed by atoms with Crippen LogP contribution in [0.3, 0.4) is 0 Å². The van der Waals surface area contributed by atoms with E-state index in [2.05, 4.69) is 15.4 Å². The van der Waals surface area contributed by atoms with Crippen LogP contribution in [0.15, 0.2) is 60.7 Å². The van der Waals surface area contributed by atoms with Gasteiger partial charge in [-0.05, 0) is 36.6 Å². The highest BCUT2D eigenvalue weighted by atomic mass is 16.5. The number of hydrogen-bond donors (Lipinski definition) is 2. The number of pyridine rings is 1. The maximum Gasteiger partial charge on any atom is 0.411 e. The molecule has 150 valence electrons. The molecule has 4 rings (SSSR count). The monoisotopic (exact) mass is 399 g/mol. The zero-order valence-electron chi connectivity index (χ0n) is 16.9. The number of ether oxygens (including phenoxy) is 1. The predicted molar refractivity (Wildman–Crippen MR) is 120 cm³/mol. The molecule has 2 N–H and O–H groups in total. The van der Waals surface area contributed by atoms with Crippen LogP contribution in [0, 0.1) is 6.92 Å². The van der Waals surface area contributed by atoms with E-state index in [-0.39, 0.29) is 5.91 Å². The van der Waals surface area contributed by atoms with Gasteiger partial charge < -0.3 is 10.1 Å². The van der Waals surface area contributed by atoms with Crippen LogP contribution in [-0.2, 0) is 9.53 Å². The molecule has 6 heteroatoms. The molecular weight excluding hydrogens is 378 g/mol. The van der Waals surface area contributed by atoms with Gasteiger partial charge in [0.25, 0.3) is 0 Å². The van der Waals surface area contributed by atoms with Crippen molar-refractivity contribution in [3.05, 3.63) is 66.2 Å². The van der Waals surface area contributed by atoms with Crippen molar-refractivity contribution in [2.24, 2.45) is 0 Å². The molecule has 0 atom stereocenters. The summed E-state index contributed by atoms with van der Waals surface area (Å²) >= 11 is 0. The van der Waals surface area contributed by atoms with E-state index >= 15 is 0 Å². The van der Waals surface area contributed by atoms with Crippen molar-refractivity contribution >= 4 is 45.1 Å². The van der Waals surface area contributed by atoms with Gasteiger partial charge in [0.1, 0.15) is 0 Å². The van der Waals surface area contributed by atoms with Gasteiger partial charge in [-0.3, -0.25) is 10.1 Å². The second-order valence-corrected chi connectivity index (χ2v) is 7.12. The highest BCUT2D eigenvalue weighted by Gasteiger charge is 2.13. The van der Waals surface area contributed by atoms with Gasteiger partial charge >= 0.3 is 6.09 Å². The van der Waals surface area contributed by atoms with E-state index in [1.165, 1.54) is 14.0 Å². The quantitative estimate of drug-likeness (QED) is 0.446. The summed E-state index contributed by atoms with van der Waals surface area (Å²) in [5.41, 5.74) is 5.00. The molecule has 0 saturated heterocycles. The molecule has 0 spiro atoms. The average Bonchev–Trinajstić information content (AvgIpc) is 2.73. The lowest BCUT2D eigenvalue weighted by molar-refractivity contribution is -0.114. The normalized spacial score (nSPS) is 10.8. The van der Waals surface area contributed by atoms with Gasteiger partial charge in [-0.15, -0.1) is 0 Å². The highest BCUT2D eigenvalue weighted by Crippen LogP contribution is 2.35. The van der Waals surface area contributed by atoms with Crippen LogP contribution in [0.2, 0.25) is 0 Å². The van der Waals surface area contributed by atoms with Gasteiger partial charge in [0, 0.05) is 34.6 Å². The Hall–Kier alpha value is -3.93. The summed E-state index contributed by atoms with van der Waals surface area (Å²) in [7, 11) is 1.32. The number of fused-ring (bicyclic) bond motifs is 3. The maximum atomic E-state index is 11.6. The van der Waals surface area contributed by atoms with Gasteiger partial charge in [0.05, 0.1) is 18.3 Å². The number of aryl methyl sites for hydroxylation is 1. The van der Waals surface area contributed by atoms with Gasteiger partial charge in [-0.2, -0.15) is 0 Å². The molecule has 0 radical (unpaired) electrons. The fourth-order valence-electron chi connectivity index (χ4n) is 3.47. The topological polar surface area (TPSA) is 80.3 Å². The van der Waals surface area contributed by atoms with E-state index in [1.54, 1.807) is 0 Å². The molecule has 1 aromatic heterocycles. The van der Waals surface area contributed by atoms with Crippen molar-refractivity contribution in [1.82, 2.24) is 4.98 Å². The van der Waals surface area contributed by atoms with E-state index in [4.69, 9.17) is 4.98 Å². The van der Waals surface area contributed by atoms with Crippen molar-refractivity contribution in [2.75, 3.05) is 17.7 Å². The first-order chi connectivity index (χ1) is 14.4. The third-order valence-electron chi connectivity index (χ3n) is 4.87. The Morgan fingerprint density at radius 1 is 0.833 bits per heavy atom. The average molecular weight is 399 g/mol. The first-order valence-corrected chi connectivity index (χ1v) is 9.52. The number of rotatable bonds is 3. The largest absolute Gasteiger partial charge is 0.453 e. The van der Waals surface area contributed by atoms with Crippen LogP contribution in [0.25, 0.3) is 32.9 Å². The van der Waals surface area contributed by atoms with E-state index in [0.29, 0.717) is 11.4 Å². The Labute approximate surface area is 173 Å². The molecule has 1 heterocycles. The van der Waals surface area contributed by atoms with Crippen LogP contribution in [-0.4, -0.2) is 24.1 Å². The van der Waals surface area contributed by atoms with Crippen LogP contribution >= 0.6 is 0 Å². The Kier molecular flexibility index (Phi) is 5.06. The second-order valence-electron chi connectivity index (χ2n) is 7.12. The first kappa shape index (κ1) is 19.4. The molecule has 3 aromatic carbocycles. The lowest BCUT2D eigenvalue weighted by Crippen LogP contribution is -2.10. The number of benzene rings is 3. The SMILES string of the molecule is COC(=O)Nc1ccc2c(c1)nc(-c1ccc(C)cc1)c1cc(NC(C)=O)ccc12. The lowest BCUT2D eigenvalue weighted by atomic mass is 9.98. The Balaban J connectivity index is 1.97. The van der Waals surface area contributed by atoms with Gasteiger partial charge in [-0.1, -0.05) is 42.0 Å². The van der Waals surface area contributed by atoms with Crippen LogP contribution < -0.4 is 10.6 Å². The minimum atomic E-state index is -0.533. The first-order valence-electron chi connectivity index (χ1n) is 9.52. The number of carbonyl (C=O) groups is 2. The molecule has 0 saturated carbocycles. The molecule has 0 unspecified atom stereocenters. The summed E-state index contributed by atoms with van der Waals surface area (Å²) in [6.07, 6.45) is -0.533. The molecule has 6 nitrogen and oxygen atoms in total. The van der Waals surface area contributed by atoms with Crippen molar-refractivity contribution in [1.29, 1.82) is 0 Å². The minimum Gasteiger partial charge on any atom is -0.453 e. The number of anilines is 2. The minimum absolute atomic E-state index is 0.126. The molecule has 0 bridgehead atoms. The van der Waals surface area contributed by atoms with Crippen LogP contribution in [0.4, 0.5) is 16.2 Å². The van der Waals surface area contributed by atoms with E-state index < -0.39 is 6.09 Å². The Morgan fingerprint density at radius 3 is 2.17 bits per heavy atom. The van der Waals surface area contributed by atoms with E-state index in [1.807, 2.05) is 67.6 Å². The van der Waals surface area contributed by atoms with Gasteiger partial charge in [-0.25, -0.2) is 9.78 Å². The third kappa shape index (κ3) is 3.80. The number of amides is 2. The molecule has 0 aliphatic carbocycles. The lowest BCUT2D eigenvalue weighted by Gasteiger charge is -2.13. The number of hydrogen-bond acceptors (Lipinski definition) is 4. The standard InChI is InChI=1S/C24H21N3O3/c1-14-4-6-16(7-5-14)23-21-12-17(25-15(2)28)8-10-19(21)20-11-9-18(13-22(20)27-23)26-24(29)30-3/h4-13H,1-3H3,(H,25,28)(H,26,29). The van der Waals surface area contributed by atoms with Crippen LogP contribution in [0.5, 0.6) is 0 Å². The van der Waals surface area contributed by atoms with Crippen molar-refractivity contribution in [3.8, 4) is 11.3 Å². The van der Waals surface area contributed by atoms with E-state index in [0.717, 1.165) is 38.5 Å². The second kappa shape index (κ2) is 7.83. The Morgan fingerprint density at radius 2 is 1.50 bits per heavy atom. The van der Waals surface area contributed by atoms with Crippen LogP contribution in [0.1, 0.15) is 12.5 Å². The molecule has 2 amide bonds. The number of carbonyl (C=O) groups excluding carboxylic acids is 2. The van der Waals surface area contributed by atoms with Gasteiger partial charge in [0.15, 0.2) is 0 Å². The summed E-state index contributed by atoms with van der Waals surface area (Å²) in [5.74, 6) is -0.126. The molecule has 4 aromatic rings. The number of nitrogens with zero attached hydrogens (tertiary/aromatic N) is 1. The summed E-state index contributed by atoms with van der Waals surface area (Å²) in [6.45, 7) is 3.52. The summed E-state index contributed by atoms with van der Waals surface area (Å²) in [4.78, 5) is 28.0. The summed E-state index contributed by atoms with van der Waals surface area (Å²) < 4.78 is 4.68. The predicted octanol–water partition coefficient (Wildman–Crippen LogP) is 5.50. The number of nitrogens with one attached hydrogen (secondary N) is 2. The molecule has 0 fully saturated rings. The fraction of sp³-hybridized carbons (Fsp3) is 0.125. The number of methoxy groups -OCH3 is 1. The molecular formula is C24H21N3O3. The van der Waals surface area contributed by atoms with E-state index in [9.17, 15) is 9.59 Å². The maximum absolute atomic E-state index is 11.6. The molecule has 30 heavy (non-hydrogen) atoms. The van der Waals surface area contributed by atoms with Gasteiger partial charge in [0.2, 0.25) is 5.91 Å². The summed E-state index contributed by atoms with van der Waals surface area (Å²) in [5, 5.41) is 8.42.